The average Bonchev–Trinajstić information content (AvgIpc) is 3.68. The van der Waals surface area contributed by atoms with Gasteiger partial charge in [-0.2, -0.15) is 5.10 Å². The first kappa shape index (κ1) is 25.3. The maximum absolute atomic E-state index is 13.3. The lowest BCUT2D eigenvalue weighted by atomic mass is 10.1. The van der Waals surface area contributed by atoms with Crippen LogP contribution < -0.4 is 16.0 Å². The number of carbonyl (C=O) groups excluding carboxylic acids is 1. The third-order valence-corrected chi connectivity index (χ3v) is 7.93. The molecule has 5 rings (SSSR count). The minimum absolute atomic E-state index is 0.102. The Morgan fingerprint density at radius 2 is 2.08 bits per heavy atom. The third kappa shape index (κ3) is 5.36. The molecule has 1 amide bonds. The van der Waals surface area contributed by atoms with E-state index < -0.39 is 0 Å². The Hall–Kier alpha value is -3.34. The average molecular weight is 519 g/mol. The van der Waals surface area contributed by atoms with Gasteiger partial charge in [0.2, 0.25) is 0 Å². The molecule has 0 spiro atoms. The van der Waals surface area contributed by atoms with Crippen molar-refractivity contribution in [2.75, 3.05) is 37.6 Å². The second-order valence-electron chi connectivity index (χ2n) is 9.49. The number of nitrogens with one attached hydrogen (secondary N) is 1. The van der Waals surface area contributed by atoms with Gasteiger partial charge in [0.1, 0.15) is 5.82 Å². The van der Waals surface area contributed by atoms with Gasteiger partial charge in [-0.15, -0.1) is 11.3 Å². The van der Waals surface area contributed by atoms with Crippen LogP contribution in [0.2, 0.25) is 0 Å². The fraction of sp³-hybridized carbons (Fsp3) is 0.407. The van der Waals surface area contributed by atoms with Gasteiger partial charge in [0, 0.05) is 43.5 Å². The Bertz CT molecular complexity index is 1360. The molecule has 1 aliphatic heterocycles. The molecule has 4 aromatic rings. The molecular weight excluding hydrogens is 484 g/mol. The molecule has 1 fully saturated rings. The van der Waals surface area contributed by atoms with Crippen molar-refractivity contribution in [2.24, 2.45) is 5.73 Å². The molecule has 0 saturated carbocycles. The molecule has 194 valence electrons. The zero-order valence-electron chi connectivity index (χ0n) is 21.6. The summed E-state index contributed by atoms with van der Waals surface area (Å²) in [4.78, 5) is 28.8. The molecule has 4 aromatic heterocycles. The number of hydrogen-bond acceptors (Lipinski definition) is 8. The lowest BCUT2D eigenvalue weighted by Gasteiger charge is -2.26. The van der Waals surface area contributed by atoms with E-state index in [1.807, 2.05) is 35.8 Å². The molecule has 9 nitrogen and oxygen atoms in total. The minimum Gasteiger partial charge on any atom is -0.355 e. The smallest absolute Gasteiger partial charge is 0.251 e. The van der Waals surface area contributed by atoms with Crippen molar-refractivity contribution < 1.29 is 4.79 Å². The second-order valence-corrected chi connectivity index (χ2v) is 10.4. The van der Waals surface area contributed by atoms with Gasteiger partial charge in [0.05, 0.1) is 28.0 Å². The van der Waals surface area contributed by atoms with Crippen LogP contribution in [0, 0.1) is 0 Å². The van der Waals surface area contributed by atoms with Gasteiger partial charge in [-0.05, 0) is 56.1 Å². The maximum atomic E-state index is 13.3. The van der Waals surface area contributed by atoms with E-state index in [9.17, 15) is 4.79 Å². The molecule has 10 heteroatoms. The van der Waals surface area contributed by atoms with E-state index in [1.165, 1.54) is 0 Å². The predicted molar refractivity (Wildman–Crippen MR) is 149 cm³/mol. The Labute approximate surface area is 221 Å². The standard InChI is InChI=1S/C27H34N8OS/c1-4-33(5-2)18(3)15-29-27(36)19-13-23(31-25(14-19)34-10-8-20(28)17-34)21-16-30-35-11-9-22(32-26(21)35)24-7-6-12-37-24/h6-7,9,11-14,16,18,20H,4-5,8,10,15,17,28H2,1-3H3,(H,29,36). The Balaban J connectivity index is 1.51. The van der Waals surface area contributed by atoms with Crippen LogP contribution in [-0.4, -0.2) is 75.2 Å². The highest BCUT2D eigenvalue weighted by Crippen LogP contribution is 2.29. The number of thiophene rings is 1. The summed E-state index contributed by atoms with van der Waals surface area (Å²) in [7, 11) is 0. The molecule has 0 bridgehead atoms. The molecule has 1 aliphatic rings. The molecule has 37 heavy (non-hydrogen) atoms. The normalized spacial score (nSPS) is 16.6. The lowest BCUT2D eigenvalue weighted by molar-refractivity contribution is 0.0938. The van der Waals surface area contributed by atoms with Gasteiger partial charge in [-0.1, -0.05) is 19.9 Å². The molecule has 0 aliphatic carbocycles. The molecule has 1 saturated heterocycles. The molecule has 5 heterocycles. The molecule has 0 radical (unpaired) electrons. The molecule has 2 atom stereocenters. The first-order valence-corrected chi connectivity index (χ1v) is 13.8. The number of nitrogens with zero attached hydrogens (tertiary/aromatic N) is 6. The summed E-state index contributed by atoms with van der Waals surface area (Å²) in [6.07, 6.45) is 4.58. The number of aromatic nitrogens is 4. The monoisotopic (exact) mass is 518 g/mol. The topological polar surface area (TPSA) is 105 Å². The molecule has 2 unspecified atom stereocenters. The van der Waals surface area contributed by atoms with Crippen LogP contribution in [0.3, 0.4) is 0 Å². The zero-order chi connectivity index (χ0) is 25.9. The summed E-state index contributed by atoms with van der Waals surface area (Å²) in [6, 6.07) is 10.1. The van der Waals surface area contributed by atoms with Crippen molar-refractivity contribution in [3.8, 4) is 21.8 Å². The summed E-state index contributed by atoms with van der Waals surface area (Å²) < 4.78 is 1.75. The highest BCUT2D eigenvalue weighted by molar-refractivity contribution is 7.13. The van der Waals surface area contributed by atoms with Crippen molar-refractivity contribution in [3.63, 3.8) is 0 Å². The number of fused-ring (bicyclic) bond motifs is 1. The predicted octanol–water partition coefficient (Wildman–Crippen LogP) is 3.52. The first-order chi connectivity index (χ1) is 18.0. The van der Waals surface area contributed by atoms with E-state index in [-0.39, 0.29) is 18.0 Å². The highest BCUT2D eigenvalue weighted by atomic mass is 32.1. The Morgan fingerprint density at radius 1 is 1.24 bits per heavy atom. The number of anilines is 1. The Kier molecular flexibility index (Phi) is 7.50. The quantitative estimate of drug-likeness (QED) is 0.349. The summed E-state index contributed by atoms with van der Waals surface area (Å²) in [5, 5.41) is 9.67. The first-order valence-electron chi connectivity index (χ1n) is 12.9. The summed E-state index contributed by atoms with van der Waals surface area (Å²) >= 11 is 1.64. The van der Waals surface area contributed by atoms with Crippen LogP contribution in [0.4, 0.5) is 5.82 Å². The van der Waals surface area contributed by atoms with Crippen molar-refractivity contribution >= 4 is 28.7 Å². The maximum Gasteiger partial charge on any atom is 0.251 e. The number of hydrogen-bond donors (Lipinski definition) is 2. The van der Waals surface area contributed by atoms with E-state index in [1.54, 1.807) is 22.0 Å². The Morgan fingerprint density at radius 3 is 2.78 bits per heavy atom. The van der Waals surface area contributed by atoms with Crippen LogP contribution in [0.15, 0.2) is 48.1 Å². The number of rotatable bonds is 9. The zero-order valence-corrected chi connectivity index (χ0v) is 22.4. The van der Waals surface area contributed by atoms with Gasteiger partial charge < -0.3 is 16.0 Å². The van der Waals surface area contributed by atoms with Gasteiger partial charge in [-0.25, -0.2) is 14.5 Å². The summed E-state index contributed by atoms with van der Waals surface area (Å²) in [6.45, 7) is 10.4. The van der Waals surface area contributed by atoms with Gasteiger partial charge in [0.25, 0.3) is 5.91 Å². The summed E-state index contributed by atoms with van der Waals surface area (Å²) in [5.41, 5.74) is 9.81. The van der Waals surface area contributed by atoms with Crippen molar-refractivity contribution in [1.82, 2.24) is 29.8 Å². The van der Waals surface area contributed by atoms with Crippen LogP contribution in [0.25, 0.3) is 27.5 Å². The van der Waals surface area contributed by atoms with Gasteiger partial charge in [-0.3, -0.25) is 9.69 Å². The molecular formula is C27H34N8OS. The lowest BCUT2D eigenvalue weighted by Crippen LogP contribution is -2.42. The van der Waals surface area contributed by atoms with Crippen LogP contribution in [0.5, 0.6) is 0 Å². The molecule has 3 N–H and O–H groups in total. The van der Waals surface area contributed by atoms with E-state index in [4.69, 9.17) is 15.7 Å². The van der Waals surface area contributed by atoms with E-state index >= 15 is 0 Å². The number of nitrogens with two attached hydrogens (primary N) is 1. The second kappa shape index (κ2) is 11.0. The van der Waals surface area contributed by atoms with E-state index in [0.29, 0.717) is 30.0 Å². The van der Waals surface area contributed by atoms with E-state index in [2.05, 4.69) is 47.1 Å². The highest BCUT2D eigenvalue weighted by Gasteiger charge is 2.24. The minimum atomic E-state index is -0.115. The third-order valence-electron chi connectivity index (χ3n) is 7.04. The number of likely N-dealkylation sites (N-methyl/N-ethyl adjacent to an activating group) is 1. The van der Waals surface area contributed by atoms with Crippen LogP contribution in [-0.2, 0) is 0 Å². The SMILES string of the molecule is CCN(CC)C(C)CNC(=O)c1cc(-c2cnn3ccc(-c4cccs4)nc23)nc(N2CCC(N)C2)c1. The largest absolute Gasteiger partial charge is 0.355 e. The van der Waals surface area contributed by atoms with Gasteiger partial charge in [0.15, 0.2) is 5.65 Å². The summed E-state index contributed by atoms with van der Waals surface area (Å²) in [5.74, 6) is 0.636. The fourth-order valence-corrected chi connectivity index (χ4v) is 5.57. The van der Waals surface area contributed by atoms with Crippen molar-refractivity contribution in [3.05, 3.63) is 53.7 Å². The number of amides is 1. The number of pyridine rings is 1. The number of carbonyl (C=O) groups is 1. The van der Waals surface area contributed by atoms with Crippen LogP contribution in [0.1, 0.15) is 37.6 Å². The van der Waals surface area contributed by atoms with Crippen molar-refractivity contribution in [1.29, 1.82) is 0 Å². The van der Waals surface area contributed by atoms with Gasteiger partial charge >= 0.3 is 0 Å². The van der Waals surface area contributed by atoms with Crippen molar-refractivity contribution in [2.45, 2.75) is 39.3 Å². The molecule has 0 aromatic carbocycles. The fourth-order valence-electron chi connectivity index (χ4n) is 4.87. The van der Waals surface area contributed by atoms with E-state index in [0.717, 1.165) is 48.0 Å². The van der Waals surface area contributed by atoms with Crippen LogP contribution >= 0.6 is 11.3 Å².